The van der Waals surface area contributed by atoms with E-state index >= 15 is 0 Å². The summed E-state index contributed by atoms with van der Waals surface area (Å²) in [6, 6.07) is 3.38. The molecule has 1 aromatic heterocycles. The summed E-state index contributed by atoms with van der Waals surface area (Å²) >= 11 is 0. The molecule has 19 heavy (non-hydrogen) atoms. The van der Waals surface area contributed by atoms with Gasteiger partial charge in [-0.05, 0) is 26.0 Å². The van der Waals surface area contributed by atoms with Crippen molar-refractivity contribution in [2.75, 3.05) is 13.1 Å². The molecule has 1 aromatic rings. The molecule has 1 unspecified atom stereocenters. The van der Waals surface area contributed by atoms with Gasteiger partial charge in [-0.25, -0.2) is 4.79 Å². The third-order valence-electron chi connectivity index (χ3n) is 2.96. The highest BCUT2D eigenvalue weighted by atomic mass is 16.6. The number of hydrogen-bond acceptors (Lipinski definition) is 4. The first kappa shape index (κ1) is 13.3. The number of aromatic nitrogens is 1. The van der Waals surface area contributed by atoms with Crippen LogP contribution in [-0.4, -0.2) is 47.1 Å². The van der Waals surface area contributed by atoms with Crippen molar-refractivity contribution in [3.63, 3.8) is 0 Å². The van der Waals surface area contributed by atoms with Crippen LogP contribution in [0.5, 0.6) is 0 Å². The summed E-state index contributed by atoms with van der Waals surface area (Å²) in [5.41, 5.74) is 0.542. The van der Waals surface area contributed by atoms with Gasteiger partial charge in [0.05, 0.1) is 13.1 Å². The first-order valence-electron chi connectivity index (χ1n) is 6.23. The van der Waals surface area contributed by atoms with Crippen molar-refractivity contribution in [3.8, 4) is 0 Å². The normalized spacial score (nSPS) is 18.6. The minimum Gasteiger partial charge on any atom is -0.442 e. The summed E-state index contributed by atoms with van der Waals surface area (Å²) in [5.74, 6) is -0.193. The van der Waals surface area contributed by atoms with Crippen LogP contribution in [0.1, 0.15) is 24.2 Å². The van der Waals surface area contributed by atoms with Gasteiger partial charge in [0, 0.05) is 24.0 Å². The Morgan fingerprint density at radius 2 is 2.21 bits per heavy atom. The van der Waals surface area contributed by atoms with E-state index in [-0.39, 0.29) is 24.1 Å². The number of ether oxygens (including phenoxy) is 1. The van der Waals surface area contributed by atoms with Gasteiger partial charge in [-0.2, -0.15) is 0 Å². The number of amides is 2. The number of rotatable bonds is 4. The highest BCUT2D eigenvalue weighted by Gasteiger charge is 2.32. The number of nitrogens with zero attached hydrogens (tertiary/aromatic N) is 2. The Hall–Kier alpha value is -2.11. The molecule has 6 heteroatoms. The van der Waals surface area contributed by atoms with Crippen LogP contribution in [0.25, 0.3) is 0 Å². The molecule has 1 aliphatic heterocycles. The maximum absolute atomic E-state index is 11.8. The van der Waals surface area contributed by atoms with Crippen LogP contribution >= 0.6 is 0 Å². The number of hydrogen-bond donors (Lipinski definition) is 1. The van der Waals surface area contributed by atoms with Crippen molar-refractivity contribution >= 4 is 12.0 Å². The number of carbonyl (C=O) groups is 2. The van der Waals surface area contributed by atoms with Gasteiger partial charge in [0.15, 0.2) is 0 Å². The molecule has 1 saturated heterocycles. The first-order valence-corrected chi connectivity index (χ1v) is 6.23. The van der Waals surface area contributed by atoms with E-state index in [2.05, 4.69) is 10.3 Å². The smallest absolute Gasteiger partial charge is 0.410 e. The molecular weight excluding hydrogens is 246 g/mol. The van der Waals surface area contributed by atoms with Crippen LogP contribution < -0.4 is 5.32 Å². The van der Waals surface area contributed by atoms with Crippen molar-refractivity contribution in [2.24, 2.45) is 0 Å². The predicted octanol–water partition coefficient (Wildman–Crippen LogP) is 1.04. The highest BCUT2D eigenvalue weighted by Crippen LogP contribution is 2.13. The molecular formula is C13H17N3O3. The molecule has 1 N–H and O–H groups in total. The lowest BCUT2D eigenvalue weighted by molar-refractivity contribution is 0.0914. The first-order chi connectivity index (χ1) is 9.08. The van der Waals surface area contributed by atoms with Crippen LogP contribution in [-0.2, 0) is 4.74 Å². The average Bonchev–Trinajstić information content (AvgIpc) is 2.78. The molecule has 1 fully saturated rings. The lowest BCUT2D eigenvalue weighted by atomic mass is 10.2. The topological polar surface area (TPSA) is 71.5 Å². The van der Waals surface area contributed by atoms with Crippen molar-refractivity contribution in [3.05, 3.63) is 30.1 Å². The highest BCUT2D eigenvalue weighted by molar-refractivity contribution is 5.94. The maximum Gasteiger partial charge on any atom is 0.410 e. The minimum atomic E-state index is -0.321. The molecule has 0 radical (unpaired) electrons. The lowest BCUT2D eigenvalue weighted by Gasteiger charge is -2.16. The van der Waals surface area contributed by atoms with Crippen LogP contribution in [0.2, 0.25) is 0 Å². The fraction of sp³-hybridized carbons (Fsp3) is 0.462. The minimum absolute atomic E-state index is 0.105. The monoisotopic (exact) mass is 263 g/mol. The second-order valence-electron chi connectivity index (χ2n) is 4.70. The van der Waals surface area contributed by atoms with E-state index in [0.717, 1.165) is 0 Å². The van der Waals surface area contributed by atoms with Crippen molar-refractivity contribution in [2.45, 2.75) is 26.0 Å². The quantitative estimate of drug-likeness (QED) is 0.881. The largest absolute Gasteiger partial charge is 0.442 e. The van der Waals surface area contributed by atoms with Gasteiger partial charge in [0.1, 0.15) is 6.10 Å². The Kier molecular flexibility index (Phi) is 3.99. The van der Waals surface area contributed by atoms with Gasteiger partial charge in [-0.1, -0.05) is 0 Å². The van der Waals surface area contributed by atoms with E-state index in [1.54, 1.807) is 29.4 Å². The second kappa shape index (κ2) is 5.69. The van der Waals surface area contributed by atoms with Gasteiger partial charge in [0.25, 0.3) is 5.91 Å². The van der Waals surface area contributed by atoms with Crippen molar-refractivity contribution in [1.82, 2.24) is 15.2 Å². The number of carbonyl (C=O) groups excluding carboxylic acids is 2. The lowest BCUT2D eigenvalue weighted by Crippen LogP contribution is -2.36. The van der Waals surface area contributed by atoms with E-state index in [1.165, 1.54) is 0 Å². The fourth-order valence-corrected chi connectivity index (χ4v) is 1.88. The summed E-state index contributed by atoms with van der Waals surface area (Å²) in [6.07, 6.45) is 2.51. The molecule has 2 amide bonds. The van der Waals surface area contributed by atoms with E-state index in [1.807, 2.05) is 13.8 Å². The zero-order valence-electron chi connectivity index (χ0n) is 11.0. The molecule has 0 bridgehead atoms. The van der Waals surface area contributed by atoms with Crippen molar-refractivity contribution < 1.29 is 14.3 Å². The molecule has 1 atom stereocenters. The number of pyridine rings is 1. The zero-order valence-corrected chi connectivity index (χ0v) is 11.0. The van der Waals surface area contributed by atoms with Gasteiger partial charge in [-0.3, -0.25) is 9.78 Å². The van der Waals surface area contributed by atoms with Crippen LogP contribution in [0.15, 0.2) is 24.5 Å². The van der Waals surface area contributed by atoms with Crippen LogP contribution in [0.3, 0.4) is 0 Å². The molecule has 0 saturated carbocycles. The van der Waals surface area contributed by atoms with E-state index in [4.69, 9.17) is 4.74 Å². The third-order valence-corrected chi connectivity index (χ3v) is 2.96. The average molecular weight is 263 g/mol. The Morgan fingerprint density at radius 3 is 2.79 bits per heavy atom. The molecule has 2 heterocycles. The number of nitrogens with one attached hydrogen (secondary N) is 1. The molecule has 0 aliphatic carbocycles. The van der Waals surface area contributed by atoms with Gasteiger partial charge in [0.2, 0.25) is 0 Å². The summed E-state index contributed by atoms with van der Waals surface area (Å²) in [6.45, 7) is 4.68. The van der Waals surface area contributed by atoms with Gasteiger partial charge < -0.3 is 15.0 Å². The molecule has 0 spiro atoms. The predicted molar refractivity (Wildman–Crippen MR) is 68.7 cm³/mol. The summed E-state index contributed by atoms with van der Waals surface area (Å²) in [4.78, 5) is 28.8. The third kappa shape index (κ3) is 3.21. The SMILES string of the molecule is CC(C)N1CC(CNC(=O)c2ccncc2)OC1=O. The number of cyclic esters (lactones) is 1. The standard InChI is InChI=1S/C13H17N3O3/c1-9(2)16-8-11(19-13(16)18)7-15-12(17)10-3-5-14-6-4-10/h3-6,9,11H,7-8H2,1-2H3,(H,15,17). The molecule has 2 rings (SSSR count). The van der Waals surface area contributed by atoms with Gasteiger partial charge >= 0.3 is 6.09 Å². The van der Waals surface area contributed by atoms with Crippen molar-refractivity contribution in [1.29, 1.82) is 0 Å². The van der Waals surface area contributed by atoms with Gasteiger partial charge in [-0.15, -0.1) is 0 Å². The van der Waals surface area contributed by atoms with E-state index in [9.17, 15) is 9.59 Å². The Bertz CT molecular complexity index is 461. The molecule has 0 aromatic carbocycles. The zero-order chi connectivity index (χ0) is 13.8. The Balaban J connectivity index is 1.84. The maximum atomic E-state index is 11.8. The van der Waals surface area contributed by atoms with E-state index < -0.39 is 0 Å². The van der Waals surface area contributed by atoms with Crippen LogP contribution in [0.4, 0.5) is 4.79 Å². The Morgan fingerprint density at radius 1 is 1.53 bits per heavy atom. The Labute approximate surface area is 111 Å². The molecule has 102 valence electrons. The fourth-order valence-electron chi connectivity index (χ4n) is 1.88. The van der Waals surface area contributed by atoms with E-state index in [0.29, 0.717) is 18.7 Å². The summed E-state index contributed by atoms with van der Waals surface area (Å²) in [5, 5.41) is 2.75. The molecule has 6 nitrogen and oxygen atoms in total. The van der Waals surface area contributed by atoms with Crippen LogP contribution in [0, 0.1) is 0 Å². The second-order valence-corrected chi connectivity index (χ2v) is 4.70. The summed E-state index contributed by atoms with van der Waals surface area (Å²) in [7, 11) is 0. The summed E-state index contributed by atoms with van der Waals surface area (Å²) < 4.78 is 5.18. The molecule has 1 aliphatic rings.